The zero-order valence-corrected chi connectivity index (χ0v) is 23.4. The van der Waals surface area contributed by atoms with Crippen LogP contribution in [0.15, 0.2) is 48.5 Å². The first-order valence-electron chi connectivity index (χ1n) is 12.3. The summed E-state index contributed by atoms with van der Waals surface area (Å²) in [7, 11) is -3.58. The van der Waals surface area contributed by atoms with Gasteiger partial charge >= 0.3 is 0 Å². The number of hydrogen-bond donors (Lipinski definition) is 1. The summed E-state index contributed by atoms with van der Waals surface area (Å²) >= 11 is 6.11. The number of amides is 2. The van der Waals surface area contributed by atoms with Gasteiger partial charge in [-0.3, -0.25) is 13.9 Å². The number of carbonyl (C=O) groups excluding carboxylic acids is 2. The van der Waals surface area contributed by atoms with E-state index in [2.05, 4.69) is 5.32 Å². The van der Waals surface area contributed by atoms with E-state index in [1.54, 1.807) is 30.0 Å². The van der Waals surface area contributed by atoms with Crippen LogP contribution in [-0.2, 0) is 26.0 Å². The Balaban J connectivity index is 2.15. The summed E-state index contributed by atoms with van der Waals surface area (Å²) in [6.07, 6.45) is 2.97. The number of hydrogen-bond acceptors (Lipinski definition) is 4. The minimum absolute atomic E-state index is 0.00952. The lowest BCUT2D eigenvalue weighted by molar-refractivity contribution is -0.140. The molecule has 198 valence electrons. The topological polar surface area (TPSA) is 86.8 Å². The van der Waals surface area contributed by atoms with Crippen LogP contribution in [0.2, 0.25) is 5.02 Å². The summed E-state index contributed by atoms with van der Waals surface area (Å²) in [6.45, 7) is 7.99. The Morgan fingerprint density at radius 3 is 2.33 bits per heavy atom. The average molecular weight is 536 g/mol. The predicted molar refractivity (Wildman–Crippen MR) is 147 cm³/mol. The van der Waals surface area contributed by atoms with Crippen molar-refractivity contribution >= 4 is 39.1 Å². The van der Waals surface area contributed by atoms with Crippen LogP contribution in [0.1, 0.15) is 51.2 Å². The predicted octanol–water partition coefficient (Wildman–Crippen LogP) is 4.57. The monoisotopic (exact) mass is 535 g/mol. The van der Waals surface area contributed by atoms with E-state index in [0.717, 1.165) is 23.8 Å². The first-order chi connectivity index (χ1) is 16.9. The second-order valence-corrected chi connectivity index (χ2v) is 11.5. The molecule has 0 aliphatic carbocycles. The standard InChI is InChI=1S/C27H38ClN3O4S/c1-6-21(3)29-27(33)22(4)30(18-16-23-11-8-7-9-12-23)26(32)13-10-17-31(36(5,34)35)25-19-24(28)15-14-20(25)2/h7-9,11-12,14-15,19,21-22H,6,10,13,16-18H2,1-5H3,(H,29,33)/t21-,22-/m1/s1. The minimum Gasteiger partial charge on any atom is -0.352 e. The number of sulfonamides is 1. The van der Waals surface area contributed by atoms with E-state index in [4.69, 9.17) is 11.6 Å². The van der Waals surface area contributed by atoms with Crippen LogP contribution in [0.25, 0.3) is 0 Å². The summed E-state index contributed by atoms with van der Waals surface area (Å²) < 4.78 is 26.3. The summed E-state index contributed by atoms with van der Waals surface area (Å²) in [6, 6.07) is 14.3. The van der Waals surface area contributed by atoms with Gasteiger partial charge in [0.15, 0.2) is 0 Å². The first kappa shape index (κ1) is 29.6. The zero-order chi connectivity index (χ0) is 26.9. The number of benzene rings is 2. The third-order valence-corrected chi connectivity index (χ3v) is 7.66. The van der Waals surface area contributed by atoms with Crippen LogP contribution in [0, 0.1) is 6.92 Å². The number of rotatable bonds is 13. The maximum atomic E-state index is 13.3. The molecule has 7 nitrogen and oxygen atoms in total. The lowest BCUT2D eigenvalue weighted by atomic mass is 10.1. The van der Waals surface area contributed by atoms with Crippen molar-refractivity contribution in [2.75, 3.05) is 23.7 Å². The lowest BCUT2D eigenvalue weighted by Crippen LogP contribution is -2.50. The number of halogens is 1. The van der Waals surface area contributed by atoms with Gasteiger partial charge in [-0.05, 0) is 63.3 Å². The van der Waals surface area contributed by atoms with Gasteiger partial charge in [0.25, 0.3) is 0 Å². The highest BCUT2D eigenvalue weighted by molar-refractivity contribution is 7.92. The Bertz CT molecular complexity index is 1130. The van der Waals surface area contributed by atoms with Crippen LogP contribution in [0.3, 0.4) is 0 Å². The zero-order valence-electron chi connectivity index (χ0n) is 21.8. The summed E-state index contributed by atoms with van der Waals surface area (Å²) in [5.41, 5.74) is 2.35. The fraction of sp³-hybridized carbons (Fsp3) is 0.481. The number of carbonyl (C=O) groups is 2. The molecule has 36 heavy (non-hydrogen) atoms. The molecule has 0 spiro atoms. The van der Waals surface area contributed by atoms with Gasteiger partial charge in [-0.2, -0.15) is 0 Å². The minimum atomic E-state index is -3.58. The first-order valence-corrected chi connectivity index (χ1v) is 14.5. The Labute approximate surface area is 220 Å². The van der Waals surface area contributed by atoms with Crippen molar-refractivity contribution in [2.24, 2.45) is 0 Å². The number of nitrogens with zero attached hydrogens (tertiary/aromatic N) is 2. The van der Waals surface area contributed by atoms with Crippen LogP contribution in [-0.4, -0.2) is 56.6 Å². The molecule has 0 aliphatic rings. The molecule has 9 heteroatoms. The van der Waals surface area contributed by atoms with Gasteiger partial charge in [-0.25, -0.2) is 8.42 Å². The molecule has 0 aromatic heterocycles. The molecule has 0 fully saturated rings. The van der Waals surface area contributed by atoms with E-state index < -0.39 is 16.1 Å². The maximum Gasteiger partial charge on any atom is 0.242 e. The molecule has 0 radical (unpaired) electrons. The van der Waals surface area contributed by atoms with Gasteiger partial charge in [0.2, 0.25) is 21.8 Å². The van der Waals surface area contributed by atoms with Gasteiger partial charge in [-0.1, -0.05) is 54.9 Å². The fourth-order valence-corrected chi connectivity index (χ4v) is 5.05. The smallest absolute Gasteiger partial charge is 0.242 e. The van der Waals surface area contributed by atoms with Crippen LogP contribution >= 0.6 is 11.6 Å². The van der Waals surface area contributed by atoms with E-state index in [0.29, 0.717) is 30.1 Å². The molecule has 0 unspecified atom stereocenters. The second-order valence-electron chi connectivity index (χ2n) is 9.19. The Hall–Kier alpha value is -2.58. The van der Waals surface area contributed by atoms with E-state index in [1.165, 1.54) is 4.31 Å². The quantitative estimate of drug-likeness (QED) is 0.407. The molecule has 0 bridgehead atoms. The van der Waals surface area contributed by atoms with E-state index >= 15 is 0 Å². The van der Waals surface area contributed by atoms with E-state index in [9.17, 15) is 18.0 Å². The summed E-state index contributed by atoms with van der Waals surface area (Å²) in [5.74, 6) is -0.382. The SMILES string of the molecule is CC[C@@H](C)NC(=O)[C@@H](C)N(CCc1ccccc1)C(=O)CCCN(c1cc(Cl)ccc1C)S(C)(=O)=O. The highest BCUT2D eigenvalue weighted by Gasteiger charge is 2.27. The Kier molecular flexibility index (Phi) is 11.2. The van der Waals surface area contributed by atoms with Crippen LogP contribution in [0.5, 0.6) is 0 Å². The van der Waals surface area contributed by atoms with E-state index in [1.807, 2.05) is 51.1 Å². The third-order valence-electron chi connectivity index (χ3n) is 6.24. The summed E-state index contributed by atoms with van der Waals surface area (Å²) in [4.78, 5) is 27.7. The van der Waals surface area contributed by atoms with E-state index in [-0.39, 0.29) is 30.8 Å². The van der Waals surface area contributed by atoms with Crippen molar-refractivity contribution in [1.29, 1.82) is 0 Å². The molecule has 1 N–H and O–H groups in total. The highest BCUT2D eigenvalue weighted by atomic mass is 35.5. The lowest BCUT2D eigenvalue weighted by Gasteiger charge is -2.30. The number of aryl methyl sites for hydroxylation is 1. The van der Waals surface area contributed by atoms with Crippen molar-refractivity contribution in [3.8, 4) is 0 Å². The average Bonchev–Trinajstić information content (AvgIpc) is 2.83. The molecule has 2 atom stereocenters. The van der Waals surface area contributed by atoms with Gasteiger partial charge < -0.3 is 10.2 Å². The Morgan fingerprint density at radius 2 is 1.72 bits per heavy atom. The second kappa shape index (κ2) is 13.7. The van der Waals surface area contributed by atoms with Crippen molar-refractivity contribution in [2.45, 2.75) is 65.5 Å². The molecule has 2 aromatic carbocycles. The molecular weight excluding hydrogens is 498 g/mol. The largest absolute Gasteiger partial charge is 0.352 e. The van der Waals surface area contributed by atoms with Gasteiger partial charge in [-0.15, -0.1) is 0 Å². The molecular formula is C27H38ClN3O4S. The number of anilines is 1. The summed E-state index contributed by atoms with van der Waals surface area (Å²) in [5, 5.41) is 3.40. The van der Waals surface area contributed by atoms with Crippen molar-refractivity contribution < 1.29 is 18.0 Å². The molecule has 2 amide bonds. The third kappa shape index (κ3) is 8.82. The molecule has 2 aromatic rings. The molecule has 2 rings (SSSR count). The Morgan fingerprint density at radius 1 is 1.06 bits per heavy atom. The van der Waals surface area contributed by atoms with Crippen molar-refractivity contribution in [3.63, 3.8) is 0 Å². The van der Waals surface area contributed by atoms with Gasteiger partial charge in [0.05, 0.1) is 11.9 Å². The maximum absolute atomic E-state index is 13.3. The van der Waals surface area contributed by atoms with Crippen molar-refractivity contribution in [1.82, 2.24) is 10.2 Å². The molecule has 0 saturated heterocycles. The molecule has 0 aliphatic heterocycles. The van der Waals surface area contributed by atoms with Crippen LogP contribution < -0.4 is 9.62 Å². The van der Waals surface area contributed by atoms with Crippen LogP contribution in [0.4, 0.5) is 5.69 Å². The van der Waals surface area contributed by atoms with Gasteiger partial charge in [0, 0.05) is 30.6 Å². The van der Waals surface area contributed by atoms with Crippen molar-refractivity contribution in [3.05, 3.63) is 64.7 Å². The van der Waals surface area contributed by atoms with Gasteiger partial charge in [0.1, 0.15) is 6.04 Å². The fourth-order valence-electron chi connectivity index (χ4n) is 3.87. The normalized spacial score (nSPS) is 13.1. The molecule has 0 heterocycles. The number of nitrogens with one attached hydrogen (secondary N) is 1. The molecule has 0 saturated carbocycles. The highest BCUT2D eigenvalue weighted by Crippen LogP contribution is 2.26.